The highest BCUT2D eigenvalue weighted by Crippen LogP contribution is 2.14. The van der Waals surface area contributed by atoms with Gasteiger partial charge in [-0.05, 0) is 35.1 Å². The molecular weight excluding hydrogens is 388 g/mol. The van der Waals surface area contributed by atoms with Crippen molar-refractivity contribution in [3.05, 3.63) is 107 Å². The Hall–Kier alpha value is -2.38. The Bertz CT molecular complexity index is 604. The molecule has 0 aromatic heterocycles. The van der Waals surface area contributed by atoms with Crippen molar-refractivity contribution < 1.29 is 5.11 Å². The highest BCUT2D eigenvalue weighted by Gasteiger charge is 1.99. The van der Waals surface area contributed by atoms with E-state index in [1.807, 2.05) is 69.2 Å². The summed E-state index contributed by atoms with van der Waals surface area (Å²) in [5, 5.41) is 7.00. The first-order valence-corrected chi connectivity index (χ1v) is 12.5. The van der Waals surface area contributed by atoms with Gasteiger partial charge in [0, 0.05) is 7.11 Å². The average molecular weight is 441 g/mol. The SMILES string of the molecule is CC.CC.CC.CC.CC.CO.c1ccc(Cc2cccc(Cc3ccccc3)c2)cc1. The molecule has 3 aromatic carbocycles. The van der Waals surface area contributed by atoms with Gasteiger partial charge in [0.25, 0.3) is 0 Å². The van der Waals surface area contributed by atoms with E-state index >= 15 is 0 Å². The molecular formula is C31H52O. The average Bonchev–Trinajstić information content (AvgIpc) is 2.92. The maximum Gasteiger partial charge on any atom is 0.0319 e. The molecule has 0 saturated heterocycles. The van der Waals surface area contributed by atoms with E-state index in [0.717, 1.165) is 20.0 Å². The van der Waals surface area contributed by atoms with Crippen LogP contribution in [0.5, 0.6) is 0 Å². The second-order valence-corrected chi connectivity index (χ2v) is 5.14. The third kappa shape index (κ3) is 19.6. The number of hydrogen-bond donors (Lipinski definition) is 1. The van der Waals surface area contributed by atoms with Crippen LogP contribution in [0.1, 0.15) is 91.5 Å². The van der Waals surface area contributed by atoms with E-state index in [-0.39, 0.29) is 0 Å². The molecule has 0 bridgehead atoms. The Morgan fingerprint density at radius 3 is 0.906 bits per heavy atom. The smallest absolute Gasteiger partial charge is 0.0319 e. The maximum absolute atomic E-state index is 7.00. The first-order valence-electron chi connectivity index (χ1n) is 12.5. The van der Waals surface area contributed by atoms with Gasteiger partial charge in [0.2, 0.25) is 0 Å². The Labute approximate surface area is 201 Å². The van der Waals surface area contributed by atoms with E-state index in [1.165, 1.54) is 22.3 Å². The summed E-state index contributed by atoms with van der Waals surface area (Å²) < 4.78 is 0. The summed E-state index contributed by atoms with van der Waals surface area (Å²) >= 11 is 0. The molecule has 0 spiro atoms. The van der Waals surface area contributed by atoms with Crippen LogP contribution in [-0.4, -0.2) is 12.2 Å². The van der Waals surface area contributed by atoms with Crippen LogP contribution in [0.15, 0.2) is 84.9 Å². The molecule has 0 aliphatic heterocycles. The van der Waals surface area contributed by atoms with Crippen LogP contribution < -0.4 is 0 Å². The van der Waals surface area contributed by atoms with Gasteiger partial charge in [-0.15, -0.1) is 0 Å². The molecule has 3 aromatic rings. The summed E-state index contributed by atoms with van der Waals surface area (Å²) in [6, 6.07) is 30.2. The predicted octanol–water partition coefficient (Wildman–Crippen LogP) is 9.61. The van der Waals surface area contributed by atoms with Crippen molar-refractivity contribution in [3.8, 4) is 0 Å². The Morgan fingerprint density at radius 2 is 0.625 bits per heavy atom. The van der Waals surface area contributed by atoms with Gasteiger partial charge < -0.3 is 5.11 Å². The van der Waals surface area contributed by atoms with Gasteiger partial charge in [-0.2, -0.15) is 0 Å². The topological polar surface area (TPSA) is 20.2 Å². The lowest BCUT2D eigenvalue weighted by atomic mass is 9.99. The molecule has 182 valence electrons. The minimum Gasteiger partial charge on any atom is -0.400 e. The lowest BCUT2D eigenvalue weighted by molar-refractivity contribution is 0.399. The van der Waals surface area contributed by atoms with E-state index in [4.69, 9.17) is 5.11 Å². The molecule has 0 unspecified atom stereocenters. The summed E-state index contributed by atoms with van der Waals surface area (Å²) in [6.07, 6.45) is 2.01. The standard InChI is InChI=1S/C20H18.5C2H6.CH4O/c1-3-8-17(9-4-1)14-19-12-7-13-20(16-19)15-18-10-5-2-6-11-18;6*1-2/h1-13,16H,14-15H2;5*1-2H3;2H,1H3. The fraction of sp³-hybridized carbons (Fsp3) is 0.419. The zero-order chi connectivity index (χ0) is 25.6. The third-order valence-electron chi connectivity index (χ3n) is 3.49. The largest absolute Gasteiger partial charge is 0.400 e. The lowest BCUT2D eigenvalue weighted by Crippen LogP contribution is -1.92. The van der Waals surface area contributed by atoms with Crippen molar-refractivity contribution in [3.63, 3.8) is 0 Å². The van der Waals surface area contributed by atoms with Crippen LogP contribution >= 0.6 is 0 Å². The molecule has 0 saturated carbocycles. The Kier molecular flexibility index (Phi) is 38.4. The highest BCUT2D eigenvalue weighted by molar-refractivity contribution is 5.32. The molecule has 0 amide bonds. The van der Waals surface area contributed by atoms with E-state index in [1.54, 1.807) is 0 Å². The monoisotopic (exact) mass is 440 g/mol. The summed E-state index contributed by atoms with van der Waals surface area (Å²) in [7, 11) is 1.00. The summed E-state index contributed by atoms with van der Waals surface area (Å²) in [6.45, 7) is 20.0. The van der Waals surface area contributed by atoms with E-state index in [2.05, 4.69) is 84.9 Å². The quantitative estimate of drug-likeness (QED) is 0.428. The van der Waals surface area contributed by atoms with Crippen LogP contribution in [0.4, 0.5) is 0 Å². The van der Waals surface area contributed by atoms with Crippen LogP contribution in [0, 0.1) is 0 Å². The summed E-state index contributed by atoms with van der Waals surface area (Å²) in [5.41, 5.74) is 5.49. The zero-order valence-electron chi connectivity index (χ0n) is 22.9. The zero-order valence-corrected chi connectivity index (χ0v) is 22.9. The van der Waals surface area contributed by atoms with Crippen molar-refractivity contribution >= 4 is 0 Å². The molecule has 0 radical (unpaired) electrons. The minimum atomic E-state index is 1.00. The van der Waals surface area contributed by atoms with Gasteiger partial charge >= 0.3 is 0 Å². The second kappa shape index (κ2) is 33.3. The number of hydrogen-bond acceptors (Lipinski definition) is 1. The van der Waals surface area contributed by atoms with Crippen molar-refractivity contribution in [1.29, 1.82) is 0 Å². The van der Waals surface area contributed by atoms with Gasteiger partial charge in [0.15, 0.2) is 0 Å². The number of aliphatic hydroxyl groups excluding tert-OH is 1. The fourth-order valence-corrected chi connectivity index (χ4v) is 2.51. The highest BCUT2D eigenvalue weighted by atomic mass is 16.2. The van der Waals surface area contributed by atoms with Gasteiger partial charge in [-0.1, -0.05) is 154 Å². The Balaban J connectivity index is -0.000000285. The maximum atomic E-state index is 7.00. The van der Waals surface area contributed by atoms with Gasteiger partial charge in [-0.25, -0.2) is 0 Å². The molecule has 1 heteroatoms. The molecule has 0 fully saturated rings. The van der Waals surface area contributed by atoms with Crippen molar-refractivity contribution in [2.24, 2.45) is 0 Å². The van der Waals surface area contributed by atoms with Gasteiger partial charge in [0.1, 0.15) is 0 Å². The molecule has 0 heterocycles. The summed E-state index contributed by atoms with van der Waals surface area (Å²) in [4.78, 5) is 0. The normalized spacial score (nSPS) is 7.62. The van der Waals surface area contributed by atoms with Crippen LogP contribution in [0.2, 0.25) is 0 Å². The summed E-state index contributed by atoms with van der Waals surface area (Å²) in [5.74, 6) is 0. The van der Waals surface area contributed by atoms with Gasteiger partial charge in [0.05, 0.1) is 0 Å². The minimum absolute atomic E-state index is 1.00. The third-order valence-corrected chi connectivity index (χ3v) is 3.49. The number of aliphatic hydroxyl groups is 1. The van der Waals surface area contributed by atoms with Crippen LogP contribution in [0.25, 0.3) is 0 Å². The second-order valence-electron chi connectivity index (χ2n) is 5.14. The predicted molar refractivity (Wildman–Crippen MR) is 150 cm³/mol. The molecule has 0 atom stereocenters. The van der Waals surface area contributed by atoms with Crippen LogP contribution in [0.3, 0.4) is 0 Å². The van der Waals surface area contributed by atoms with E-state index in [9.17, 15) is 0 Å². The first-order chi connectivity index (χ1) is 15.9. The fourth-order valence-electron chi connectivity index (χ4n) is 2.51. The van der Waals surface area contributed by atoms with Crippen LogP contribution in [-0.2, 0) is 12.8 Å². The first kappa shape index (κ1) is 37.0. The van der Waals surface area contributed by atoms with Crippen molar-refractivity contribution in [2.75, 3.05) is 7.11 Å². The molecule has 1 N–H and O–H groups in total. The van der Waals surface area contributed by atoms with Crippen molar-refractivity contribution in [2.45, 2.75) is 82.1 Å². The number of benzene rings is 3. The van der Waals surface area contributed by atoms with E-state index < -0.39 is 0 Å². The Morgan fingerprint density at radius 1 is 0.375 bits per heavy atom. The van der Waals surface area contributed by atoms with Gasteiger partial charge in [-0.3, -0.25) is 0 Å². The molecule has 0 aliphatic rings. The van der Waals surface area contributed by atoms with Crippen molar-refractivity contribution in [1.82, 2.24) is 0 Å². The molecule has 3 rings (SSSR count). The lowest BCUT2D eigenvalue weighted by Gasteiger charge is -2.06. The number of rotatable bonds is 4. The molecule has 32 heavy (non-hydrogen) atoms. The molecule has 1 nitrogen and oxygen atoms in total. The van der Waals surface area contributed by atoms with E-state index in [0.29, 0.717) is 0 Å². The molecule has 0 aliphatic carbocycles.